The SMILES string of the molecule is C=C1CC[C@@H]2[C@@](C)(CCC[C@@]2(C)C(=O)OC)[C@H]1CCc1ccoc1C[NH+](C)C. The number of hydrogen-bond acceptors (Lipinski definition) is 3. The van der Waals surface area contributed by atoms with Gasteiger partial charge in [0.15, 0.2) is 5.76 Å². The Balaban J connectivity index is 1.82. The number of rotatable bonds is 6. The van der Waals surface area contributed by atoms with Crippen LogP contribution >= 0.6 is 0 Å². The lowest BCUT2D eigenvalue weighted by atomic mass is 9.46. The van der Waals surface area contributed by atoms with Gasteiger partial charge in [-0.25, -0.2) is 0 Å². The van der Waals surface area contributed by atoms with Crippen molar-refractivity contribution in [3.8, 4) is 0 Å². The first kappa shape index (κ1) is 21.2. The number of quaternary nitrogens is 1. The molecule has 0 unspecified atom stereocenters. The zero-order chi connectivity index (χ0) is 20.5. The third-order valence-corrected chi connectivity index (χ3v) is 7.73. The fraction of sp³-hybridized carbons (Fsp3) is 0.708. The Morgan fingerprint density at radius 1 is 1.36 bits per heavy atom. The second-order valence-corrected chi connectivity index (χ2v) is 9.86. The van der Waals surface area contributed by atoms with Crippen LogP contribution in [0.5, 0.6) is 0 Å². The molecule has 4 atom stereocenters. The minimum Gasteiger partial charge on any atom is -0.469 e. The van der Waals surface area contributed by atoms with Gasteiger partial charge in [0, 0.05) is 0 Å². The first-order valence-electron chi connectivity index (χ1n) is 10.8. The fourth-order valence-corrected chi connectivity index (χ4v) is 6.33. The number of carbonyl (C=O) groups is 1. The molecule has 0 aliphatic heterocycles. The fourth-order valence-electron chi connectivity index (χ4n) is 6.33. The summed E-state index contributed by atoms with van der Waals surface area (Å²) in [5.41, 5.74) is 2.45. The van der Waals surface area contributed by atoms with Gasteiger partial charge in [-0.05, 0) is 74.3 Å². The van der Waals surface area contributed by atoms with Gasteiger partial charge in [-0.2, -0.15) is 0 Å². The number of furan rings is 1. The highest BCUT2D eigenvalue weighted by atomic mass is 16.5. The van der Waals surface area contributed by atoms with Crippen molar-refractivity contribution in [3.05, 3.63) is 35.8 Å². The van der Waals surface area contributed by atoms with E-state index >= 15 is 0 Å². The van der Waals surface area contributed by atoms with Gasteiger partial charge < -0.3 is 14.1 Å². The average molecular weight is 389 g/mol. The number of esters is 1. The molecule has 0 aromatic carbocycles. The van der Waals surface area contributed by atoms with Crippen molar-refractivity contribution in [1.29, 1.82) is 0 Å². The Labute approximate surface area is 170 Å². The van der Waals surface area contributed by atoms with Gasteiger partial charge in [0.2, 0.25) is 0 Å². The van der Waals surface area contributed by atoms with E-state index < -0.39 is 0 Å². The van der Waals surface area contributed by atoms with Gasteiger partial charge in [0.25, 0.3) is 0 Å². The van der Waals surface area contributed by atoms with Crippen LogP contribution in [0.15, 0.2) is 28.9 Å². The van der Waals surface area contributed by atoms with E-state index in [0.29, 0.717) is 11.8 Å². The Morgan fingerprint density at radius 3 is 2.79 bits per heavy atom. The largest absolute Gasteiger partial charge is 0.469 e. The van der Waals surface area contributed by atoms with E-state index in [1.807, 2.05) is 6.26 Å². The van der Waals surface area contributed by atoms with E-state index in [9.17, 15) is 4.79 Å². The summed E-state index contributed by atoms with van der Waals surface area (Å²) >= 11 is 0. The van der Waals surface area contributed by atoms with Crippen LogP contribution in [0.25, 0.3) is 0 Å². The van der Waals surface area contributed by atoms with Crippen LogP contribution in [-0.4, -0.2) is 27.2 Å². The Kier molecular flexibility index (Phi) is 6.09. The van der Waals surface area contributed by atoms with E-state index in [-0.39, 0.29) is 16.8 Å². The number of ether oxygens (including phenoxy) is 1. The highest BCUT2D eigenvalue weighted by Gasteiger charge is 2.57. The lowest BCUT2D eigenvalue weighted by molar-refractivity contribution is -0.873. The van der Waals surface area contributed by atoms with E-state index in [1.54, 1.807) is 0 Å². The standard InChI is InChI=1S/C24H37NO3/c1-17-8-11-21-23(2,13-7-14-24(21,3)22(26)27-6)19(17)10-9-18-12-15-28-20(18)16-25(4)5/h12,15,19,21H,1,7-11,13-14,16H2,2-6H3/p+1/t19-,21+,23-,24+/m0/s1. The maximum Gasteiger partial charge on any atom is 0.311 e. The van der Waals surface area contributed by atoms with Crippen LogP contribution in [0.3, 0.4) is 0 Å². The van der Waals surface area contributed by atoms with Crippen molar-refractivity contribution in [1.82, 2.24) is 0 Å². The number of allylic oxidation sites excluding steroid dienone is 1. The minimum absolute atomic E-state index is 0.0271. The van der Waals surface area contributed by atoms with Crippen molar-refractivity contribution >= 4 is 5.97 Å². The molecule has 1 aromatic heterocycles. The Morgan fingerprint density at radius 2 is 2.11 bits per heavy atom. The molecule has 2 saturated carbocycles. The minimum atomic E-state index is -0.365. The zero-order valence-electron chi connectivity index (χ0n) is 18.4. The summed E-state index contributed by atoms with van der Waals surface area (Å²) in [6, 6.07) is 2.13. The van der Waals surface area contributed by atoms with Crippen molar-refractivity contribution < 1.29 is 18.8 Å². The van der Waals surface area contributed by atoms with Crippen LogP contribution < -0.4 is 4.90 Å². The number of hydrogen-bond donors (Lipinski definition) is 1. The monoisotopic (exact) mass is 388 g/mol. The Bertz CT molecular complexity index is 721. The lowest BCUT2D eigenvalue weighted by Gasteiger charge is -2.57. The smallest absolute Gasteiger partial charge is 0.311 e. The number of methoxy groups -OCH3 is 1. The van der Waals surface area contributed by atoms with Crippen molar-refractivity contribution in [3.63, 3.8) is 0 Å². The number of nitrogens with one attached hydrogen (secondary N) is 1. The zero-order valence-corrected chi connectivity index (χ0v) is 18.4. The molecule has 28 heavy (non-hydrogen) atoms. The normalized spacial score (nSPS) is 33.0. The molecule has 0 spiro atoms. The Hall–Kier alpha value is -1.55. The number of carbonyl (C=O) groups excluding carboxylic acids is 1. The van der Waals surface area contributed by atoms with Crippen molar-refractivity contribution in [2.24, 2.45) is 22.7 Å². The summed E-state index contributed by atoms with van der Waals surface area (Å²) in [7, 11) is 5.83. The van der Waals surface area contributed by atoms with Crippen LogP contribution in [0, 0.1) is 22.7 Å². The molecule has 2 aliphatic carbocycles. The summed E-state index contributed by atoms with van der Waals surface area (Å²) < 4.78 is 11.0. The lowest BCUT2D eigenvalue weighted by Crippen LogP contribution is -3.04. The molecule has 2 aliphatic rings. The van der Waals surface area contributed by atoms with E-state index in [4.69, 9.17) is 9.15 Å². The van der Waals surface area contributed by atoms with Gasteiger partial charge >= 0.3 is 5.97 Å². The van der Waals surface area contributed by atoms with Crippen LogP contribution in [-0.2, 0) is 22.5 Å². The van der Waals surface area contributed by atoms with Gasteiger partial charge in [-0.15, -0.1) is 0 Å². The molecule has 0 radical (unpaired) electrons. The van der Waals surface area contributed by atoms with Gasteiger partial charge in [0.05, 0.1) is 32.9 Å². The predicted molar refractivity (Wildman–Crippen MR) is 111 cm³/mol. The molecule has 0 saturated heterocycles. The molecule has 156 valence electrons. The van der Waals surface area contributed by atoms with Crippen LogP contribution in [0.2, 0.25) is 0 Å². The van der Waals surface area contributed by atoms with Gasteiger partial charge in [0.1, 0.15) is 6.54 Å². The molecule has 1 N–H and O–H groups in total. The number of aryl methyl sites for hydroxylation is 1. The first-order valence-corrected chi connectivity index (χ1v) is 10.8. The van der Waals surface area contributed by atoms with E-state index in [0.717, 1.165) is 50.8 Å². The van der Waals surface area contributed by atoms with Crippen LogP contribution in [0.4, 0.5) is 0 Å². The molecule has 4 nitrogen and oxygen atoms in total. The highest BCUT2D eigenvalue weighted by Crippen LogP contribution is 2.62. The molecule has 0 bridgehead atoms. The molecule has 2 fully saturated rings. The molecule has 1 heterocycles. The molecule has 1 aromatic rings. The molecule has 3 rings (SSSR count). The maximum atomic E-state index is 12.7. The molecule has 4 heteroatoms. The molecular weight excluding hydrogens is 350 g/mol. The summed E-state index contributed by atoms with van der Waals surface area (Å²) in [5, 5.41) is 0. The second kappa shape index (κ2) is 8.06. The van der Waals surface area contributed by atoms with Crippen LogP contribution in [0.1, 0.15) is 63.7 Å². The van der Waals surface area contributed by atoms with Crippen molar-refractivity contribution in [2.45, 2.75) is 65.3 Å². The second-order valence-electron chi connectivity index (χ2n) is 9.86. The summed E-state index contributed by atoms with van der Waals surface area (Å²) in [6.45, 7) is 9.93. The third kappa shape index (κ3) is 3.68. The van der Waals surface area contributed by atoms with Gasteiger partial charge in [-0.1, -0.05) is 25.5 Å². The first-order chi connectivity index (χ1) is 13.2. The van der Waals surface area contributed by atoms with Crippen molar-refractivity contribution in [2.75, 3.05) is 21.2 Å². The topological polar surface area (TPSA) is 43.9 Å². The summed E-state index contributed by atoms with van der Waals surface area (Å²) in [4.78, 5) is 14.1. The van der Waals surface area contributed by atoms with Gasteiger partial charge in [-0.3, -0.25) is 4.79 Å². The summed E-state index contributed by atoms with van der Waals surface area (Å²) in [6.07, 6.45) is 9.20. The summed E-state index contributed by atoms with van der Waals surface area (Å²) in [5.74, 6) is 1.89. The maximum absolute atomic E-state index is 12.7. The quantitative estimate of drug-likeness (QED) is 0.595. The molecule has 0 amide bonds. The average Bonchev–Trinajstić information content (AvgIpc) is 3.06. The highest BCUT2D eigenvalue weighted by molar-refractivity contribution is 5.77. The molecular formula is C24H38NO3+. The van der Waals surface area contributed by atoms with E-state index in [2.05, 4.69) is 40.6 Å². The predicted octanol–water partition coefficient (Wildman–Crippen LogP) is 3.81. The van der Waals surface area contributed by atoms with E-state index in [1.165, 1.54) is 29.6 Å². The third-order valence-electron chi connectivity index (χ3n) is 7.73. The number of fused-ring (bicyclic) bond motifs is 1.